The topological polar surface area (TPSA) is 70.4 Å². The SMILES string of the molecule is CC1CCN(c2cnc3c(ccn3Cc3ccc(C=O)cc3)c2)CC1.CNO. The largest absolute Gasteiger partial charge is 0.370 e. The van der Waals surface area contributed by atoms with Gasteiger partial charge >= 0.3 is 0 Å². The third-order valence-corrected chi connectivity index (χ3v) is 5.20. The van der Waals surface area contributed by atoms with E-state index in [9.17, 15) is 4.79 Å². The van der Waals surface area contributed by atoms with Crippen molar-refractivity contribution >= 4 is 23.0 Å². The summed E-state index contributed by atoms with van der Waals surface area (Å²) in [6.45, 7) is 5.34. The van der Waals surface area contributed by atoms with Gasteiger partial charge in [0.2, 0.25) is 0 Å². The number of hydrogen-bond donors (Lipinski definition) is 2. The minimum absolute atomic E-state index is 0.708. The first-order chi connectivity index (χ1) is 13.6. The lowest BCUT2D eigenvalue weighted by molar-refractivity contribution is 0.112. The summed E-state index contributed by atoms with van der Waals surface area (Å²) in [5, 5.41) is 8.50. The molecule has 148 valence electrons. The molecular formula is C22H28N4O2. The zero-order valence-electron chi connectivity index (χ0n) is 16.5. The van der Waals surface area contributed by atoms with Crippen molar-refractivity contribution < 1.29 is 10.0 Å². The molecule has 2 aromatic heterocycles. The maximum atomic E-state index is 10.8. The molecule has 0 bridgehead atoms. The molecule has 2 N–H and O–H groups in total. The molecule has 1 aromatic carbocycles. The maximum absolute atomic E-state index is 10.8. The Hall–Kier alpha value is -2.70. The van der Waals surface area contributed by atoms with Crippen LogP contribution in [0.5, 0.6) is 0 Å². The summed E-state index contributed by atoms with van der Waals surface area (Å²) in [6.07, 6.45) is 7.49. The van der Waals surface area contributed by atoms with Gasteiger partial charge in [0.05, 0.1) is 11.9 Å². The number of pyridine rings is 1. The number of fused-ring (bicyclic) bond motifs is 1. The van der Waals surface area contributed by atoms with E-state index in [4.69, 9.17) is 10.2 Å². The van der Waals surface area contributed by atoms with Crippen LogP contribution in [0, 0.1) is 5.92 Å². The summed E-state index contributed by atoms with van der Waals surface area (Å²) in [5.41, 5.74) is 5.86. The molecule has 3 aromatic rings. The van der Waals surface area contributed by atoms with Crippen LogP contribution in [0.15, 0.2) is 48.8 Å². The van der Waals surface area contributed by atoms with Crippen LogP contribution in [-0.2, 0) is 6.54 Å². The van der Waals surface area contributed by atoms with Gasteiger partial charge in [0.15, 0.2) is 0 Å². The zero-order chi connectivity index (χ0) is 19.9. The van der Waals surface area contributed by atoms with E-state index in [1.54, 1.807) is 5.48 Å². The minimum atomic E-state index is 0.708. The van der Waals surface area contributed by atoms with Gasteiger partial charge in [-0.25, -0.2) is 10.5 Å². The number of hydroxylamine groups is 1. The number of anilines is 1. The fourth-order valence-corrected chi connectivity index (χ4v) is 3.53. The van der Waals surface area contributed by atoms with Crippen LogP contribution >= 0.6 is 0 Å². The van der Waals surface area contributed by atoms with Gasteiger partial charge < -0.3 is 14.7 Å². The van der Waals surface area contributed by atoms with Crippen LogP contribution in [0.4, 0.5) is 5.69 Å². The van der Waals surface area contributed by atoms with Gasteiger partial charge in [-0.15, -0.1) is 0 Å². The highest BCUT2D eigenvalue weighted by Crippen LogP contribution is 2.26. The Morgan fingerprint density at radius 3 is 2.54 bits per heavy atom. The molecule has 0 saturated carbocycles. The van der Waals surface area contributed by atoms with Gasteiger partial charge in [0.25, 0.3) is 0 Å². The molecule has 0 amide bonds. The lowest BCUT2D eigenvalue weighted by atomic mass is 9.99. The molecule has 0 atom stereocenters. The number of aromatic nitrogens is 2. The van der Waals surface area contributed by atoms with Gasteiger partial charge in [-0.2, -0.15) is 0 Å². The molecule has 3 heterocycles. The van der Waals surface area contributed by atoms with Crippen molar-refractivity contribution in [1.29, 1.82) is 0 Å². The lowest BCUT2D eigenvalue weighted by Gasteiger charge is -2.31. The number of nitrogens with zero attached hydrogens (tertiary/aromatic N) is 3. The smallest absolute Gasteiger partial charge is 0.150 e. The van der Waals surface area contributed by atoms with Crippen molar-refractivity contribution in [3.8, 4) is 0 Å². The number of hydrogen-bond acceptors (Lipinski definition) is 5. The summed E-state index contributed by atoms with van der Waals surface area (Å²) >= 11 is 0. The predicted octanol–water partition coefficient (Wildman–Crippen LogP) is 3.73. The van der Waals surface area contributed by atoms with Gasteiger partial charge in [-0.3, -0.25) is 4.79 Å². The fraction of sp³-hybridized carbons (Fsp3) is 0.364. The molecule has 6 nitrogen and oxygen atoms in total. The molecule has 1 aliphatic heterocycles. The number of carbonyl (C=O) groups excluding carboxylic acids is 1. The molecule has 4 rings (SSSR count). The van der Waals surface area contributed by atoms with Gasteiger partial charge in [-0.05, 0) is 36.5 Å². The average molecular weight is 380 g/mol. The monoisotopic (exact) mass is 380 g/mol. The highest BCUT2D eigenvalue weighted by atomic mass is 16.5. The van der Waals surface area contributed by atoms with E-state index in [2.05, 4.69) is 34.7 Å². The fourth-order valence-electron chi connectivity index (χ4n) is 3.53. The van der Waals surface area contributed by atoms with Crippen LogP contribution in [0.2, 0.25) is 0 Å². The Balaban J connectivity index is 0.000000706. The molecule has 0 radical (unpaired) electrons. The highest BCUT2D eigenvalue weighted by Gasteiger charge is 2.17. The van der Waals surface area contributed by atoms with E-state index < -0.39 is 0 Å². The van der Waals surface area contributed by atoms with Crippen LogP contribution in [0.3, 0.4) is 0 Å². The van der Waals surface area contributed by atoms with Gasteiger partial charge in [0, 0.05) is 43.8 Å². The predicted molar refractivity (Wildman–Crippen MR) is 112 cm³/mol. The molecular weight excluding hydrogens is 352 g/mol. The minimum Gasteiger partial charge on any atom is -0.370 e. The lowest BCUT2D eigenvalue weighted by Crippen LogP contribution is -2.32. The van der Waals surface area contributed by atoms with E-state index in [1.807, 2.05) is 30.5 Å². The first-order valence-corrected chi connectivity index (χ1v) is 9.69. The molecule has 1 fully saturated rings. The molecule has 1 aliphatic rings. The maximum Gasteiger partial charge on any atom is 0.150 e. The summed E-state index contributed by atoms with van der Waals surface area (Å²) < 4.78 is 2.16. The second-order valence-electron chi connectivity index (χ2n) is 7.30. The normalized spacial score (nSPS) is 14.6. The van der Waals surface area contributed by atoms with Gasteiger partial charge in [0.1, 0.15) is 11.9 Å². The van der Waals surface area contributed by atoms with Crippen LogP contribution in [0.1, 0.15) is 35.7 Å². The van der Waals surface area contributed by atoms with Gasteiger partial charge in [-0.1, -0.05) is 31.2 Å². The number of piperidine rings is 1. The second-order valence-corrected chi connectivity index (χ2v) is 7.30. The van der Waals surface area contributed by atoms with Crippen molar-refractivity contribution in [3.63, 3.8) is 0 Å². The quantitative estimate of drug-likeness (QED) is 0.533. The highest BCUT2D eigenvalue weighted by molar-refractivity contribution is 5.80. The van der Waals surface area contributed by atoms with E-state index in [1.165, 1.54) is 36.5 Å². The molecule has 28 heavy (non-hydrogen) atoms. The first kappa shape index (κ1) is 20.0. The first-order valence-electron chi connectivity index (χ1n) is 9.69. The molecule has 1 saturated heterocycles. The van der Waals surface area contributed by atoms with Crippen LogP contribution in [-0.4, -0.2) is 41.2 Å². The van der Waals surface area contributed by atoms with Crippen molar-refractivity contribution in [1.82, 2.24) is 15.0 Å². The summed E-state index contributed by atoms with van der Waals surface area (Å²) in [5.74, 6) is 0.833. The average Bonchev–Trinajstić information content (AvgIpc) is 3.12. The molecule has 0 unspecified atom stereocenters. The third kappa shape index (κ3) is 4.77. The molecule has 0 spiro atoms. The van der Waals surface area contributed by atoms with E-state index in [0.717, 1.165) is 37.5 Å². The molecule has 6 heteroatoms. The Kier molecular flexibility index (Phi) is 6.79. The summed E-state index contributed by atoms with van der Waals surface area (Å²) in [6, 6.07) is 12.1. The Morgan fingerprint density at radius 1 is 1.21 bits per heavy atom. The standard InChI is InChI=1S/C21H23N3O.CH5NO/c1-16-6-9-23(10-7-16)20-12-19-8-11-24(21(19)22-13-20)14-17-2-4-18(15-25)5-3-17;1-2-3/h2-5,8,11-13,15-16H,6-7,9-10,14H2,1H3;2-3H,1H3. The number of nitrogens with one attached hydrogen (secondary N) is 1. The Labute approximate surface area is 165 Å². The van der Waals surface area contributed by atoms with Crippen LogP contribution in [0.25, 0.3) is 11.0 Å². The molecule has 0 aliphatic carbocycles. The Morgan fingerprint density at radius 2 is 1.89 bits per heavy atom. The third-order valence-electron chi connectivity index (χ3n) is 5.20. The number of benzene rings is 1. The van der Waals surface area contributed by atoms with Crippen molar-refractivity contribution in [2.45, 2.75) is 26.3 Å². The van der Waals surface area contributed by atoms with Crippen LogP contribution < -0.4 is 10.4 Å². The number of aldehydes is 1. The van der Waals surface area contributed by atoms with E-state index in [-0.39, 0.29) is 0 Å². The Bertz CT molecular complexity index is 897. The summed E-state index contributed by atoms with van der Waals surface area (Å²) in [7, 11) is 1.43. The van der Waals surface area contributed by atoms with Crippen molar-refractivity contribution in [2.75, 3.05) is 25.0 Å². The number of rotatable bonds is 4. The second kappa shape index (κ2) is 9.48. The van der Waals surface area contributed by atoms with Crippen molar-refractivity contribution in [2.24, 2.45) is 5.92 Å². The van der Waals surface area contributed by atoms with Crippen molar-refractivity contribution in [3.05, 3.63) is 59.9 Å². The van der Waals surface area contributed by atoms with E-state index in [0.29, 0.717) is 5.56 Å². The summed E-state index contributed by atoms with van der Waals surface area (Å²) in [4.78, 5) is 17.9. The van der Waals surface area contributed by atoms with E-state index >= 15 is 0 Å². The zero-order valence-corrected chi connectivity index (χ0v) is 16.5. The number of carbonyl (C=O) groups is 1.